The van der Waals surface area contributed by atoms with E-state index in [2.05, 4.69) is 5.32 Å². The Morgan fingerprint density at radius 1 is 1.43 bits per heavy atom. The fourth-order valence-corrected chi connectivity index (χ4v) is 2.73. The summed E-state index contributed by atoms with van der Waals surface area (Å²) in [5.41, 5.74) is 6.21. The van der Waals surface area contributed by atoms with E-state index in [1.54, 1.807) is 4.90 Å². The van der Waals surface area contributed by atoms with Gasteiger partial charge in [0, 0.05) is 12.1 Å². The van der Waals surface area contributed by atoms with Crippen LogP contribution in [0.2, 0.25) is 0 Å². The molecule has 0 spiro atoms. The number of rotatable bonds is 4. The predicted octanol–water partition coefficient (Wildman–Crippen LogP) is 1.88. The molecule has 0 bridgehead atoms. The van der Waals surface area contributed by atoms with E-state index in [4.69, 9.17) is 10.5 Å². The van der Waals surface area contributed by atoms with Crippen LogP contribution in [0.5, 0.6) is 5.75 Å². The fourth-order valence-electron chi connectivity index (χ4n) is 2.73. The average molecular weight is 319 g/mol. The quantitative estimate of drug-likeness (QED) is 0.888. The van der Waals surface area contributed by atoms with Crippen LogP contribution in [0.15, 0.2) is 24.3 Å². The van der Waals surface area contributed by atoms with Gasteiger partial charge in [0.25, 0.3) is 0 Å². The molecule has 0 radical (unpaired) electrons. The van der Waals surface area contributed by atoms with Crippen molar-refractivity contribution in [3.8, 4) is 5.75 Å². The lowest BCUT2D eigenvalue weighted by Crippen LogP contribution is -2.55. The number of ether oxygens (including phenoxy) is 1. The lowest BCUT2D eigenvalue weighted by Gasteiger charge is -2.32. The summed E-state index contributed by atoms with van der Waals surface area (Å²) in [5, 5.41) is 2.60. The van der Waals surface area contributed by atoms with Crippen LogP contribution in [0.25, 0.3) is 0 Å². The Morgan fingerprint density at radius 3 is 2.78 bits per heavy atom. The maximum absolute atomic E-state index is 13.0. The Morgan fingerprint density at radius 2 is 2.13 bits per heavy atom. The molecule has 0 saturated carbocycles. The molecule has 2 rings (SSSR count). The number of urea groups is 1. The van der Waals surface area contributed by atoms with Crippen LogP contribution in [-0.4, -0.2) is 35.5 Å². The van der Waals surface area contributed by atoms with Gasteiger partial charge in [-0.1, -0.05) is 38.5 Å². The van der Waals surface area contributed by atoms with Crippen molar-refractivity contribution in [1.82, 2.24) is 10.2 Å². The summed E-state index contributed by atoms with van der Waals surface area (Å²) in [6, 6.07) is 6.31. The summed E-state index contributed by atoms with van der Waals surface area (Å²) >= 11 is 0. The minimum absolute atomic E-state index is 0.00150. The van der Waals surface area contributed by atoms with Crippen LogP contribution in [0.3, 0.4) is 0 Å². The van der Waals surface area contributed by atoms with Gasteiger partial charge in [-0.3, -0.25) is 4.79 Å². The SMILES string of the molecule is CC[C@H](C)[C@@H](NC(N)=O)C(=O)N1Cc2ccccc2OC[C@H]1C. The molecular formula is C17H25N3O3. The van der Waals surface area contributed by atoms with Crippen molar-refractivity contribution in [3.63, 3.8) is 0 Å². The summed E-state index contributed by atoms with van der Waals surface area (Å²) in [7, 11) is 0. The molecule has 0 aliphatic carbocycles. The van der Waals surface area contributed by atoms with Gasteiger partial charge in [0.05, 0.1) is 6.04 Å². The van der Waals surface area contributed by atoms with Gasteiger partial charge in [0.2, 0.25) is 5.91 Å². The van der Waals surface area contributed by atoms with Crippen LogP contribution < -0.4 is 15.8 Å². The molecule has 1 aromatic rings. The Bertz CT molecular complexity index is 576. The minimum Gasteiger partial charge on any atom is -0.491 e. The molecule has 6 heteroatoms. The number of para-hydroxylation sites is 1. The topological polar surface area (TPSA) is 84.7 Å². The number of hydrogen-bond donors (Lipinski definition) is 2. The molecule has 1 aliphatic rings. The number of nitrogens with zero attached hydrogens (tertiary/aromatic N) is 1. The van der Waals surface area contributed by atoms with E-state index in [1.807, 2.05) is 45.0 Å². The standard InChI is InChI=1S/C17H25N3O3/c1-4-11(2)15(19-17(18)22)16(21)20-9-13-7-5-6-8-14(13)23-10-12(20)3/h5-8,11-12,15H,4,9-10H2,1-3H3,(H3,18,19,22)/t11-,12+,15+/m0/s1. The first-order valence-corrected chi connectivity index (χ1v) is 8.01. The summed E-state index contributed by atoms with van der Waals surface area (Å²) in [6.07, 6.45) is 0.770. The molecule has 3 N–H and O–H groups in total. The van der Waals surface area contributed by atoms with Crippen LogP contribution >= 0.6 is 0 Å². The van der Waals surface area contributed by atoms with Gasteiger partial charge in [-0.2, -0.15) is 0 Å². The maximum Gasteiger partial charge on any atom is 0.312 e. The maximum atomic E-state index is 13.0. The molecule has 1 heterocycles. The van der Waals surface area contributed by atoms with Crippen LogP contribution in [-0.2, 0) is 11.3 Å². The van der Waals surface area contributed by atoms with Crippen molar-refractivity contribution in [1.29, 1.82) is 0 Å². The van der Waals surface area contributed by atoms with Crippen molar-refractivity contribution in [2.75, 3.05) is 6.61 Å². The summed E-state index contributed by atoms with van der Waals surface area (Å²) < 4.78 is 5.78. The lowest BCUT2D eigenvalue weighted by molar-refractivity contribution is -0.137. The molecule has 3 amide bonds. The molecule has 0 saturated heterocycles. The van der Waals surface area contributed by atoms with Crippen LogP contribution in [0, 0.1) is 5.92 Å². The zero-order valence-electron chi connectivity index (χ0n) is 13.9. The van der Waals surface area contributed by atoms with Gasteiger partial charge in [-0.15, -0.1) is 0 Å². The number of carbonyl (C=O) groups excluding carboxylic acids is 2. The zero-order chi connectivity index (χ0) is 17.0. The molecule has 0 unspecified atom stereocenters. The van der Waals surface area contributed by atoms with Crippen molar-refractivity contribution in [2.45, 2.75) is 45.8 Å². The summed E-state index contributed by atoms with van der Waals surface area (Å²) in [4.78, 5) is 26.1. The van der Waals surface area contributed by atoms with Crippen molar-refractivity contribution in [2.24, 2.45) is 11.7 Å². The number of nitrogens with two attached hydrogens (primary N) is 1. The predicted molar refractivity (Wildman–Crippen MR) is 87.9 cm³/mol. The molecule has 23 heavy (non-hydrogen) atoms. The van der Waals surface area contributed by atoms with E-state index in [1.165, 1.54) is 0 Å². The van der Waals surface area contributed by atoms with Gasteiger partial charge < -0.3 is 20.7 Å². The highest BCUT2D eigenvalue weighted by Gasteiger charge is 2.33. The van der Waals surface area contributed by atoms with Gasteiger partial charge >= 0.3 is 6.03 Å². The largest absolute Gasteiger partial charge is 0.491 e. The highest BCUT2D eigenvalue weighted by Crippen LogP contribution is 2.26. The number of amides is 3. The van der Waals surface area contributed by atoms with E-state index in [-0.39, 0.29) is 17.9 Å². The Kier molecular flexibility index (Phi) is 5.47. The Hall–Kier alpha value is -2.24. The number of benzene rings is 1. The zero-order valence-corrected chi connectivity index (χ0v) is 13.9. The average Bonchev–Trinajstić information content (AvgIpc) is 2.70. The second-order valence-corrected chi connectivity index (χ2v) is 6.11. The summed E-state index contributed by atoms with van der Waals surface area (Å²) in [6.45, 7) is 6.75. The van der Waals surface area contributed by atoms with Gasteiger partial charge in [-0.05, 0) is 18.9 Å². The molecule has 1 aromatic carbocycles. The molecule has 126 valence electrons. The third kappa shape index (κ3) is 3.94. The first-order valence-electron chi connectivity index (χ1n) is 8.01. The number of hydrogen-bond acceptors (Lipinski definition) is 3. The van der Waals surface area contributed by atoms with Crippen LogP contribution in [0.4, 0.5) is 4.79 Å². The number of carbonyl (C=O) groups is 2. The fraction of sp³-hybridized carbons (Fsp3) is 0.529. The second kappa shape index (κ2) is 7.35. The molecule has 3 atom stereocenters. The van der Waals surface area contributed by atoms with Crippen molar-refractivity contribution in [3.05, 3.63) is 29.8 Å². The van der Waals surface area contributed by atoms with E-state index >= 15 is 0 Å². The van der Waals surface area contributed by atoms with E-state index in [9.17, 15) is 9.59 Å². The Balaban J connectivity index is 2.26. The first kappa shape index (κ1) is 17.1. The third-order valence-corrected chi connectivity index (χ3v) is 4.39. The minimum atomic E-state index is -0.678. The van der Waals surface area contributed by atoms with Gasteiger partial charge in [0.1, 0.15) is 18.4 Å². The van der Waals surface area contributed by atoms with E-state index in [0.29, 0.717) is 13.2 Å². The van der Waals surface area contributed by atoms with Crippen molar-refractivity contribution >= 4 is 11.9 Å². The smallest absolute Gasteiger partial charge is 0.312 e. The third-order valence-electron chi connectivity index (χ3n) is 4.39. The highest BCUT2D eigenvalue weighted by atomic mass is 16.5. The van der Waals surface area contributed by atoms with E-state index < -0.39 is 12.1 Å². The van der Waals surface area contributed by atoms with Crippen LogP contribution in [0.1, 0.15) is 32.8 Å². The van der Waals surface area contributed by atoms with Crippen molar-refractivity contribution < 1.29 is 14.3 Å². The van der Waals surface area contributed by atoms with Gasteiger partial charge in [0.15, 0.2) is 0 Å². The molecule has 1 aliphatic heterocycles. The Labute approximate surface area is 137 Å². The van der Waals surface area contributed by atoms with E-state index in [0.717, 1.165) is 17.7 Å². The summed E-state index contributed by atoms with van der Waals surface area (Å²) in [5.74, 6) is 0.685. The normalized spacial score (nSPS) is 19.8. The monoisotopic (exact) mass is 319 g/mol. The second-order valence-electron chi connectivity index (χ2n) is 6.11. The number of nitrogens with one attached hydrogen (secondary N) is 1. The highest BCUT2D eigenvalue weighted by molar-refractivity contribution is 5.87. The lowest BCUT2D eigenvalue weighted by atomic mass is 9.97. The first-order chi connectivity index (χ1) is 10.9. The molecule has 0 fully saturated rings. The number of fused-ring (bicyclic) bond motifs is 1. The molecule has 0 aromatic heterocycles. The number of primary amides is 1. The molecule has 6 nitrogen and oxygen atoms in total. The molecular weight excluding hydrogens is 294 g/mol. The van der Waals surface area contributed by atoms with Gasteiger partial charge in [-0.25, -0.2) is 4.79 Å².